The zero-order chi connectivity index (χ0) is 11.7. The van der Waals surface area contributed by atoms with E-state index in [1.165, 1.54) is 11.8 Å². The molecule has 0 heterocycles. The monoisotopic (exact) mass is 245 g/mol. The van der Waals surface area contributed by atoms with Crippen molar-refractivity contribution in [2.45, 2.75) is 12.8 Å². The van der Waals surface area contributed by atoms with Crippen LogP contribution in [0.15, 0.2) is 24.3 Å². The van der Waals surface area contributed by atoms with Crippen molar-refractivity contribution in [3.8, 4) is 0 Å². The maximum absolute atomic E-state index is 8.86. The summed E-state index contributed by atoms with van der Waals surface area (Å²) in [5.41, 5.74) is 1.23. The molecule has 0 saturated carbocycles. The summed E-state index contributed by atoms with van der Waals surface area (Å²) in [6.45, 7) is 0. The third-order valence-electron chi connectivity index (χ3n) is 1.49. The topological polar surface area (TPSA) is 61.2 Å². The van der Waals surface area contributed by atoms with Crippen molar-refractivity contribution < 1.29 is 9.90 Å². The van der Waals surface area contributed by atoms with Gasteiger partial charge < -0.3 is 10.5 Å². The van der Waals surface area contributed by atoms with Gasteiger partial charge in [0.2, 0.25) is 0 Å². The standard InChI is InChI=1S/C9H10ClN.CH2O2S/c10-9-5-3-8(4-6-9)2-1-7-11;2-1(3)4/h3-7,11H,1-2H2;4H,(H,2,3). The van der Waals surface area contributed by atoms with Gasteiger partial charge in [-0.3, -0.25) is 0 Å². The number of carboxylic acid groups (broad SMARTS) is 1. The van der Waals surface area contributed by atoms with E-state index >= 15 is 0 Å². The van der Waals surface area contributed by atoms with Crippen LogP contribution in [0.3, 0.4) is 0 Å². The van der Waals surface area contributed by atoms with E-state index in [9.17, 15) is 0 Å². The molecule has 0 aliphatic heterocycles. The number of rotatable bonds is 3. The van der Waals surface area contributed by atoms with Crippen LogP contribution >= 0.6 is 24.2 Å². The number of thiol groups is 1. The van der Waals surface area contributed by atoms with Crippen LogP contribution in [0.1, 0.15) is 12.0 Å². The van der Waals surface area contributed by atoms with E-state index in [1.54, 1.807) is 0 Å². The summed E-state index contributed by atoms with van der Waals surface area (Å²) in [5, 5.41) is 13.8. The molecule has 5 heteroatoms. The van der Waals surface area contributed by atoms with Crippen molar-refractivity contribution in [2.24, 2.45) is 0 Å². The van der Waals surface area contributed by atoms with E-state index in [0.717, 1.165) is 17.9 Å². The van der Waals surface area contributed by atoms with Gasteiger partial charge in [0.1, 0.15) is 0 Å². The Hall–Kier alpha value is -1.000. The number of benzene rings is 1. The molecule has 82 valence electrons. The Morgan fingerprint density at radius 3 is 2.33 bits per heavy atom. The molecule has 1 aromatic rings. The maximum atomic E-state index is 8.86. The fourth-order valence-electron chi connectivity index (χ4n) is 0.890. The van der Waals surface area contributed by atoms with Gasteiger partial charge in [0, 0.05) is 5.02 Å². The lowest BCUT2D eigenvalue weighted by atomic mass is 10.1. The molecule has 0 spiro atoms. The molecule has 0 bridgehead atoms. The second-order valence-electron chi connectivity index (χ2n) is 2.65. The van der Waals surface area contributed by atoms with Gasteiger partial charge in [-0.25, -0.2) is 4.79 Å². The van der Waals surface area contributed by atoms with Gasteiger partial charge in [-0.2, -0.15) is 0 Å². The maximum Gasteiger partial charge on any atom is 0.361 e. The highest BCUT2D eigenvalue weighted by molar-refractivity contribution is 7.96. The Bertz CT molecular complexity index is 310. The van der Waals surface area contributed by atoms with Gasteiger partial charge in [0.05, 0.1) is 0 Å². The third-order valence-corrected chi connectivity index (χ3v) is 1.74. The first-order chi connectivity index (χ1) is 7.06. The number of carbonyl (C=O) groups is 1. The summed E-state index contributed by atoms with van der Waals surface area (Å²) >= 11 is 8.58. The van der Waals surface area contributed by atoms with E-state index in [-0.39, 0.29) is 0 Å². The van der Waals surface area contributed by atoms with E-state index in [1.807, 2.05) is 24.3 Å². The average Bonchev–Trinajstić information content (AvgIpc) is 2.16. The zero-order valence-corrected chi connectivity index (χ0v) is 9.63. The second kappa shape index (κ2) is 8.32. The molecule has 0 saturated heterocycles. The Morgan fingerprint density at radius 2 is 1.93 bits per heavy atom. The first kappa shape index (κ1) is 14.0. The normalized spacial score (nSPS) is 8.67. The number of nitrogens with one attached hydrogen (secondary N) is 1. The smallest absolute Gasteiger partial charge is 0.361 e. The van der Waals surface area contributed by atoms with Crippen LogP contribution < -0.4 is 0 Å². The number of hydrogen-bond donors (Lipinski definition) is 3. The quantitative estimate of drug-likeness (QED) is 0.564. The molecule has 0 aliphatic rings. The van der Waals surface area contributed by atoms with Crippen LogP contribution in [0.25, 0.3) is 0 Å². The summed E-state index contributed by atoms with van der Waals surface area (Å²) in [7, 11) is 0. The van der Waals surface area contributed by atoms with Crippen LogP contribution in [0.4, 0.5) is 4.79 Å². The largest absolute Gasteiger partial charge is 0.473 e. The Kier molecular flexibility index (Phi) is 7.77. The van der Waals surface area contributed by atoms with Gasteiger partial charge in [0.15, 0.2) is 0 Å². The minimum atomic E-state index is -1.14. The molecule has 15 heavy (non-hydrogen) atoms. The van der Waals surface area contributed by atoms with Gasteiger partial charge in [-0.1, -0.05) is 36.4 Å². The van der Waals surface area contributed by atoms with Crippen molar-refractivity contribution >= 4 is 35.7 Å². The first-order valence-electron chi connectivity index (χ1n) is 4.21. The summed E-state index contributed by atoms with van der Waals surface area (Å²) in [6.07, 6.45) is 3.16. The predicted molar refractivity (Wildman–Crippen MR) is 65.6 cm³/mol. The van der Waals surface area contributed by atoms with Gasteiger partial charge in [-0.05, 0) is 36.8 Å². The third kappa shape index (κ3) is 9.31. The summed E-state index contributed by atoms with van der Waals surface area (Å²) < 4.78 is 0. The van der Waals surface area contributed by atoms with Crippen LogP contribution in [0, 0.1) is 5.41 Å². The van der Waals surface area contributed by atoms with E-state index in [2.05, 4.69) is 12.6 Å². The van der Waals surface area contributed by atoms with Crippen molar-refractivity contribution in [3.05, 3.63) is 34.9 Å². The highest BCUT2D eigenvalue weighted by atomic mass is 35.5. The van der Waals surface area contributed by atoms with E-state index in [0.29, 0.717) is 0 Å². The van der Waals surface area contributed by atoms with Gasteiger partial charge in [0.25, 0.3) is 0 Å². The minimum Gasteiger partial charge on any atom is -0.473 e. The molecular formula is C10H12ClNO2S. The van der Waals surface area contributed by atoms with E-state index in [4.69, 9.17) is 26.9 Å². The molecule has 1 rings (SSSR count). The number of hydrogen-bond acceptors (Lipinski definition) is 2. The predicted octanol–water partition coefficient (Wildman–Crippen LogP) is 3.52. The number of halogens is 1. The molecular weight excluding hydrogens is 234 g/mol. The molecule has 1 aromatic carbocycles. The Labute approximate surface area is 99.0 Å². The average molecular weight is 246 g/mol. The lowest BCUT2D eigenvalue weighted by Crippen LogP contribution is -1.83. The van der Waals surface area contributed by atoms with Crippen molar-refractivity contribution in [1.29, 1.82) is 5.41 Å². The summed E-state index contributed by atoms with van der Waals surface area (Å²) in [6, 6.07) is 7.74. The van der Waals surface area contributed by atoms with Crippen LogP contribution in [0.5, 0.6) is 0 Å². The van der Waals surface area contributed by atoms with E-state index < -0.39 is 5.30 Å². The molecule has 2 N–H and O–H groups in total. The van der Waals surface area contributed by atoms with Crippen molar-refractivity contribution in [3.63, 3.8) is 0 Å². The highest BCUT2D eigenvalue weighted by Crippen LogP contribution is 2.10. The molecule has 0 atom stereocenters. The first-order valence-corrected chi connectivity index (χ1v) is 5.04. The molecule has 0 unspecified atom stereocenters. The Morgan fingerprint density at radius 1 is 1.47 bits per heavy atom. The van der Waals surface area contributed by atoms with Crippen LogP contribution in [-0.2, 0) is 6.42 Å². The van der Waals surface area contributed by atoms with Gasteiger partial charge in [-0.15, -0.1) is 0 Å². The molecule has 3 nitrogen and oxygen atoms in total. The lowest BCUT2D eigenvalue weighted by molar-refractivity contribution is 0.222. The molecule has 0 amide bonds. The fourth-order valence-corrected chi connectivity index (χ4v) is 1.02. The number of aryl methyl sites for hydroxylation is 1. The Balaban J connectivity index is 0.000000423. The van der Waals surface area contributed by atoms with Crippen LogP contribution in [0.2, 0.25) is 5.02 Å². The molecule has 0 radical (unpaired) electrons. The molecule has 0 aliphatic carbocycles. The van der Waals surface area contributed by atoms with Crippen molar-refractivity contribution in [2.75, 3.05) is 0 Å². The zero-order valence-electron chi connectivity index (χ0n) is 7.98. The summed E-state index contributed by atoms with van der Waals surface area (Å²) in [5.74, 6) is 0. The minimum absolute atomic E-state index is 0.767. The summed E-state index contributed by atoms with van der Waals surface area (Å²) in [4.78, 5) is 8.86. The lowest BCUT2D eigenvalue weighted by Gasteiger charge is -1.96. The molecule has 0 fully saturated rings. The second-order valence-corrected chi connectivity index (χ2v) is 3.47. The molecule has 0 aromatic heterocycles. The van der Waals surface area contributed by atoms with Gasteiger partial charge >= 0.3 is 5.30 Å². The van der Waals surface area contributed by atoms with Crippen LogP contribution in [-0.4, -0.2) is 16.6 Å². The van der Waals surface area contributed by atoms with Crippen molar-refractivity contribution in [1.82, 2.24) is 0 Å². The highest BCUT2D eigenvalue weighted by Gasteiger charge is 1.90. The fraction of sp³-hybridized carbons (Fsp3) is 0.200. The SMILES string of the molecule is N=CCCc1ccc(Cl)cc1.O=C(O)S.